The first-order valence-corrected chi connectivity index (χ1v) is 17.8. The third kappa shape index (κ3) is 4.02. The lowest BCUT2D eigenvalue weighted by molar-refractivity contribution is 0.476. The second kappa shape index (κ2) is 10.6. The molecule has 0 bridgehead atoms. The predicted molar refractivity (Wildman–Crippen MR) is 216 cm³/mol. The molecule has 12 rings (SSSR count). The zero-order valence-electron chi connectivity index (χ0n) is 28.3. The number of para-hydroxylation sites is 6. The molecule has 0 radical (unpaired) electrons. The highest BCUT2D eigenvalue weighted by atomic mass is 16.5. The van der Waals surface area contributed by atoms with Crippen molar-refractivity contribution < 1.29 is 13.6 Å². The van der Waals surface area contributed by atoms with Crippen molar-refractivity contribution in [2.45, 2.75) is 0 Å². The van der Waals surface area contributed by atoms with Gasteiger partial charge < -0.3 is 23.0 Å². The number of aromatic nitrogens is 1. The van der Waals surface area contributed by atoms with Crippen LogP contribution in [0.4, 0.5) is 17.1 Å². The van der Waals surface area contributed by atoms with Crippen LogP contribution >= 0.6 is 0 Å². The fourth-order valence-electron chi connectivity index (χ4n) is 8.42. The van der Waals surface area contributed by atoms with Gasteiger partial charge >= 0.3 is 0 Å². The van der Waals surface area contributed by atoms with Gasteiger partial charge in [-0.1, -0.05) is 109 Å². The third-order valence-electron chi connectivity index (χ3n) is 10.8. The van der Waals surface area contributed by atoms with Crippen molar-refractivity contribution in [1.29, 1.82) is 0 Å². The number of rotatable bonds is 4. The number of hydrogen-bond acceptors (Lipinski definition) is 4. The molecule has 53 heavy (non-hydrogen) atoms. The molecule has 248 valence electrons. The number of benzene rings is 8. The van der Waals surface area contributed by atoms with Crippen molar-refractivity contribution in [2.75, 3.05) is 4.90 Å². The maximum absolute atomic E-state index is 6.61. The molecule has 0 aliphatic carbocycles. The van der Waals surface area contributed by atoms with Gasteiger partial charge in [-0.3, -0.25) is 0 Å². The molecule has 0 saturated carbocycles. The van der Waals surface area contributed by atoms with Crippen molar-refractivity contribution >= 4 is 82.7 Å². The molecule has 4 heterocycles. The van der Waals surface area contributed by atoms with Crippen LogP contribution in [0.5, 0.6) is 11.5 Å². The lowest BCUT2D eigenvalue weighted by Crippen LogP contribution is -2.10. The topological polar surface area (TPSA) is 43.7 Å². The largest absolute Gasteiger partial charge is 0.454 e. The second-order valence-corrected chi connectivity index (χ2v) is 13.7. The Hall–Kier alpha value is -7.24. The van der Waals surface area contributed by atoms with E-state index in [-0.39, 0.29) is 0 Å². The Morgan fingerprint density at radius 2 is 0.981 bits per heavy atom. The molecular weight excluding hydrogens is 653 g/mol. The minimum Gasteiger partial charge on any atom is -0.454 e. The summed E-state index contributed by atoms with van der Waals surface area (Å²) >= 11 is 0. The molecule has 0 saturated heterocycles. The molecule has 5 nitrogen and oxygen atoms in total. The maximum atomic E-state index is 6.61. The molecule has 0 N–H and O–H groups in total. The van der Waals surface area contributed by atoms with E-state index in [9.17, 15) is 0 Å². The molecule has 0 amide bonds. The minimum absolute atomic E-state index is 0.825. The van der Waals surface area contributed by atoms with Gasteiger partial charge in [-0.15, -0.1) is 0 Å². The summed E-state index contributed by atoms with van der Waals surface area (Å²) in [7, 11) is 0. The Morgan fingerprint density at radius 1 is 0.415 bits per heavy atom. The van der Waals surface area contributed by atoms with Crippen LogP contribution in [0.3, 0.4) is 0 Å². The highest BCUT2D eigenvalue weighted by Crippen LogP contribution is 2.48. The van der Waals surface area contributed by atoms with Gasteiger partial charge in [0.2, 0.25) is 0 Å². The zero-order chi connectivity index (χ0) is 34.6. The Kier molecular flexibility index (Phi) is 5.71. The van der Waals surface area contributed by atoms with E-state index in [0.29, 0.717) is 0 Å². The minimum atomic E-state index is 0.825. The highest BCUT2D eigenvalue weighted by molar-refractivity contribution is 6.14. The summed E-state index contributed by atoms with van der Waals surface area (Å²) in [6, 6.07) is 59.3. The first-order valence-electron chi connectivity index (χ1n) is 17.8. The van der Waals surface area contributed by atoms with Gasteiger partial charge in [-0.05, 0) is 71.8 Å². The summed E-state index contributed by atoms with van der Waals surface area (Å²) in [6.07, 6.45) is 0. The second-order valence-electron chi connectivity index (χ2n) is 13.7. The number of furan rings is 2. The van der Waals surface area contributed by atoms with E-state index >= 15 is 0 Å². The van der Waals surface area contributed by atoms with Crippen LogP contribution in [0.1, 0.15) is 0 Å². The van der Waals surface area contributed by atoms with E-state index < -0.39 is 0 Å². The summed E-state index contributed by atoms with van der Waals surface area (Å²) in [5.74, 6) is 1.72. The van der Waals surface area contributed by atoms with Crippen LogP contribution < -0.4 is 9.64 Å². The van der Waals surface area contributed by atoms with Gasteiger partial charge in [0.1, 0.15) is 11.2 Å². The summed E-state index contributed by atoms with van der Waals surface area (Å²) in [5, 5.41) is 6.73. The van der Waals surface area contributed by atoms with Gasteiger partial charge in [-0.2, -0.15) is 0 Å². The Bertz CT molecular complexity index is 3160. The molecule has 11 aromatic rings. The van der Waals surface area contributed by atoms with Crippen molar-refractivity contribution in [1.82, 2.24) is 4.57 Å². The van der Waals surface area contributed by atoms with E-state index in [1.807, 2.05) is 24.3 Å². The van der Waals surface area contributed by atoms with E-state index in [2.05, 4.69) is 155 Å². The molecule has 3 aromatic heterocycles. The van der Waals surface area contributed by atoms with Gasteiger partial charge in [0.05, 0.1) is 28.1 Å². The molecule has 0 atom stereocenters. The van der Waals surface area contributed by atoms with Crippen LogP contribution in [-0.2, 0) is 0 Å². The molecule has 0 unspecified atom stereocenters. The van der Waals surface area contributed by atoms with Gasteiger partial charge in [0.25, 0.3) is 0 Å². The maximum Gasteiger partial charge on any atom is 0.159 e. The van der Waals surface area contributed by atoms with E-state index in [4.69, 9.17) is 13.6 Å². The number of fused-ring (bicyclic) bond motifs is 11. The van der Waals surface area contributed by atoms with Crippen LogP contribution in [0.25, 0.3) is 82.5 Å². The molecule has 1 aliphatic rings. The first kappa shape index (κ1) is 28.5. The molecule has 5 heteroatoms. The molecule has 1 aliphatic heterocycles. The predicted octanol–water partition coefficient (Wildman–Crippen LogP) is 13.8. The Balaban J connectivity index is 1.04. The fourth-order valence-corrected chi connectivity index (χ4v) is 8.42. The van der Waals surface area contributed by atoms with Gasteiger partial charge in [-0.25, -0.2) is 0 Å². The zero-order valence-corrected chi connectivity index (χ0v) is 28.3. The third-order valence-corrected chi connectivity index (χ3v) is 10.8. The van der Waals surface area contributed by atoms with Crippen molar-refractivity contribution in [3.8, 4) is 28.3 Å². The van der Waals surface area contributed by atoms with E-state index in [1.165, 1.54) is 16.3 Å². The lowest BCUT2D eigenvalue weighted by atomic mass is 10.0. The highest BCUT2D eigenvalue weighted by Gasteiger charge is 2.25. The van der Waals surface area contributed by atoms with E-state index in [0.717, 1.165) is 94.8 Å². The smallest absolute Gasteiger partial charge is 0.159 e. The Morgan fingerprint density at radius 3 is 1.68 bits per heavy atom. The van der Waals surface area contributed by atoms with Crippen LogP contribution in [-0.4, -0.2) is 4.57 Å². The van der Waals surface area contributed by atoms with E-state index in [1.54, 1.807) is 0 Å². The fraction of sp³-hybridized carbons (Fsp3) is 0. The lowest BCUT2D eigenvalue weighted by Gasteiger charge is -2.26. The van der Waals surface area contributed by atoms with Crippen LogP contribution in [0.15, 0.2) is 179 Å². The quantitative estimate of drug-likeness (QED) is 0.186. The van der Waals surface area contributed by atoms with Gasteiger partial charge in [0.15, 0.2) is 22.7 Å². The molecule has 0 spiro atoms. The summed E-state index contributed by atoms with van der Waals surface area (Å²) < 4.78 is 22.1. The summed E-state index contributed by atoms with van der Waals surface area (Å²) in [6.45, 7) is 0. The average molecular weight is 681 g/mol. The summed E-state index contributed by atoms with van der Waals surface area (Å²) in [5.41, 5.74) is 11.7. The monoisotopic (exact) mass is 680 g/mol. The first-order chi connectivity index (χ1) is 26.3. The normalized spacial score (nSPS) is 12.3. The van der Waals surface area contributed by atoms with Crippen molar-refractivity contribution in [3.63, 3.8) is 0 Å². The van der Waals surface area contributed by atoms with Gasteiger partial charge in [0, 0.05) is 38.0 Å². The van der Waals surface area contributed by atoms with Crippen molar-refractivity contribution in [3.05, 3.63) is 170 Å². The number of hydrogen-bond donors (Lipinski definition) is 0. The summed E-state index contributed by atoms with van der Waals surface area (Å²) in [4.78, 5) is 2.26. The van der Waals surface area contributed by atoms with Crippen molar-refractivity contribution in [2.24, 2.45) is 0 Å². The number of anilines is 3. The SMILES string of the molecule is c1ccc2c(c1)oc1c(N(c3ccc(-c4ccc5c(c4)-n4c6ccccc6c6cccc(c64)O5)cc3)c3cccc4c3oc3ccccc34)cccc12. The number of ether oxygens (including phenoxy) is 1. The standard InChI is InChI=1S/C48H28N2O3/c1-4-16-38-32(10-1)35-13-9-21-45-46(35)50(38)41-28-30(24-27-44(41)51-45)29-22-25-31(26-23-29)49(39-17-7-14-36-33-11-2-5-19-42(33)52-47(36)39)40-18-8-15-37-34-12-3-6-20-43(34)53-48(37)40/h1-28H. The number of nitrogens with zero attached hydrogens (tertiary/aromatic N) is 2. The van der Waals surface area contributed by atoms with Crippen LogP contribution in [0, 0.1) is 0 Å². The average Bonchev–Trinajstić information content (AvgIpc) is 3.90. The molecule has 0 fully saturated rings. The Labute approximate surface area is 303 Å². The van der Waals surface area contributed by atoms with Crippen LogP contribution in [0.2, 0.25) is 0 Å². The molecular formula is C48H28N2O3. The molecule has 8 aromatic carbocycles.